The van der Waals surface area contributed by atoms with Crippen LogP contribution in [-0.2, 0) is 10.1 Å². The molecule has 1 heterocycles. The largest absolute Gasteiger partial charge is 0.371 e. The summed E-state index contributed by atoms with van der Waals surface area (Å²) < 4.78 is 0. The number of alkyl halides is 1. The van der Waals surface area contributed by atoms with Crippen molar-refractivity contribution in [3.05, 3.63) is 36.0 Å². The van der Waals surface area contributed by atoms with Gasteiger partial charge in [0.25, 0.3) is 5.91 Å². The van der Waals surface area contributed by atoms with Crippen molar-refractivity contribution in [3.63, 3.8) is 0 Å². The van der Waals surface area contributed by atoms with E-state index in [1.54, 1.807) is 0 Å². The lowest BCUT2D eigenvalue weighted by Crippen LogP contribution is -2.48. The van der Waals surface area contributed by atoms with Crippen LogP contribution < -0.4 is 11.1 Å². The van der Waals surface area contributed by atoms with Crippen molar-refractivity contribution < 1.29 is 4.79 Å². The molecule has 6 heteroatoms. The molecule has 0 spiro atoms. The Balaban J connectivity index is 1.89. The molecule has 1 radical (unpaired) electrons. The number of nitrogens with zero attached hydrogens (tertiary/aromatic N) is 1. The van der Waals surface area contributed by atoms with Gasteiger partial charge in [0, 0.05) is 28.3 Å². The van der Waals surface area contributed by atoms with Crippen molar-refractivity contribution in [2.75, 3.05) is 5.32 Å². The van der Waals surface area contributed by atoms with E-state index in [2.05, 4.69) is 31.4 Å². The van der Waals surface area contributed by atoms with Crippen molar-refractivity contribution in [1.29, 1.82) is 0 Å². The van der Waals surface area contributed by atoms with Crippen LogP contribution in [0, 0.1) is 0 Å². The molecule has 1 saturated carbocycles. The van der Waals surface area contributed by atoms with Gasteiger partial charge >= 0.3 is 0 Å². The molecule has 0 atom stereocenters. The van der Waals surface area contributed by atoms with E-state index < -0.39 is 11.4 Å². The Morgan fingerprint density at radius 1 is 1.35 bits per heavy atom. The number of carbonyl (C=O) groups excluding carboxylic acids is 1. The number of rotatable bonds is 5. The molecular weight excluding hydrogens is 356 g/mol. The third-order valence-electron chi connectivity index (χ3n) is 4.52. The van der Waals surface area contributed by atoms with Gasteiger partial charge in [-0.2, -0.15) is 5.10 Å². The Kier molecular flexibility index (Phi) is 4.71. The second kappa shape index (κ2) is 6.74. The van der Waals surface area contributed by atoms with Crippen LogP contribution >= 0.6 is 15.9 Å². The number of anilines is 1. The molecule has 5 nitrogen and oxygen atoms in total. The number of hydrogen-bond acceptors (Lipinski definition) is 3. The van der Waals surface area contributed by atoms with E-state index in [0.717, 1.165) is 59.9 Å². The van der Waals surface area contributed by atoms with Crippen LogP contribution in [0.5, 0.6) is 0 Å². The quantitative estimate of drug-likeness (QED) is 0.777. The lowest BCUT2D eigenvalue weighted by Gasteiger charge is -2.35. The molecule has 23 heavy (non-hydrogen) atoms. The smallest absolute Gasteiger partial charge is 0.264 e. The minimum atomic E-state index is -0.735. The number of aromatic nitrogens is 2. The maximum Gasteiger partial charge on any atom is 0.264 e. The lowest BCUT2D eigenvalue weighted by molar-refractivity contribution is -0.123. The molecule has 3 N–H and O–H groups in total. The van der Waals surface area contributed by atoms with Crippen molar-refractivity contribution in [1.82, 2.24) is 15.9 Å². The summed E-state index contributed by atoms with van der Waals surface area (Å²) in [6.45, 7) is 0. The highest BCUT2D eigenvalue weighted by Gasteiger charge is 2.38. The molecule has 3 rings (SSSR count). The van der Waals surface area contributed by atoms with Gasteiger partial charge in [0.05, 0.1) is 5.69 Å². The zero-order valence-electron chi connectivity index (χ0n) is 12.9. The third-order valence-corrected chi connectivity index (χ3v) is 5.13. The fourth-order valence-corrected chi connectivity index (χ4v) is 3.68. The predicted molar refractivity (Wildman–Crippen MR) is 94.2 cm³/mol. The Morgan fingerprint density at radius 3 is 2.83 bits per heavy atom. The number of nitrogens with one attached hydrogen (secondary N) is 3. The number of hydrogen-bond donors (Lipinski definition) is 2. The van der Waals surface area contributed by atoms with Gasteiger partial charge in [-0.3, -0.25) is 15.6 Å². The molecule has 1 fully saturated rings. The third kappa shape index (κ3) is 3.27. The van der Waals surface area contributed by atoms with Crippen LogP contribution in [0.25, 0.3) is 11.3 Å². The van der Waals surface area contributed by atoms with Crippen LogP contribution in [0.4, 0.5) is 5.69 Å². The normalized spacial score (nSPS) is 16.9. The van der Waals surface area contributed by atoms with Gasteiger partial charge in [-0.15, -0.1) is 0 Å². The summed E-state index contributed by atoms with van der Waals surface area (Å²) in [6.07, 6.45) is 6.46. The minimum absolute atomic E-state index is 0.511. The molecule has 121 valence electrons. The van der Waals surface area contributed by atoms with Crippen LogP contribution in [0.3, 0.4) is 0 Å². The zero-order chi connectivity index (χ0) is 16.3. The highest BCUT2D eigenvalue weighted by atomic mass is 79.9. The van der Waals surface area contributed by atoms with Gasteiger partial charge in [0.1, 0.15) is 5.54 Å². The van der Waals surface area contributed by atoms with E-state index in [1.807, 2.05) is 30.5 Å². The first-order valence-corrected chi connectivity index (χ1v) is 9.00. The molecule has 1 amide bonds. The molecule has 0 saturated heterocycles. The van der Waals surface area contributed by atoms with Gasteiger partial charge in [0.2, 0.25) is 0 Å². The molecule has 0 unspecified atom stereocenters. The second-order valence-corrected chi connectivity index (χ2v) is 6.63. The van der Waals surface area contributed by atoms with Crippen LogP contribution in [0.1, 0.15) is 37.7 Å². The SMILES string of the molecule is [NH]C(=O)C1(Nc2cccc(-c3n[nH]cc3CBr)c2)CCCCC1. The van der Waals surface area contributed by atoms with Gasteiger partial charge < -0.3 is 5.32 Å². The maximum atomic E-state index is 11.9. The second-order valence-electron chi connectivity index (χ2n) is 6.07. The van der Waals surface area contributed by atoms with Crippen LogP contribution in [0.15, 0.2) is 30.5 Å². The Bertz CT molecular complexity index is 691. The molecule has 1 aromatic carbocycles. The Hall–Kier alpha value is -1.82. The van der Waals surface area contributed by atoms with Gasteiger partial charge in [-0.05, 0) is 25.0 Å². The van der Waals surface area contributed by atoms with Crippen molar-refractivity contribution in [2.45, 2.75) is 43.0 Å². The van der Waals surface area contributed by atoms with Crippen molar-refractivity contribution in [2.24, 2.45) is 0 Å². The monoisotopic (exact) mass is 375 g/mol. The summed E-state index contributed by atoms with van der Waals surface area (Å²) >= 11 is 3.47. The molecule has 1 aliphatic carbocycles. The summed E-state index contributed by atoms with van der Waals surface area (Å²) in [7, 11) is 0. The fourth-order valence-electron chi connectivity index (χ4n) is 3.25. The summed E-state index contributed by atoms with van der Waals surface area (Å²) in [6, 6.07) is 7.91. The molecule has 0 bridgehead atoms. The molecule has 2 aromatic rings. The summed E-state index contributed by atoms with van der Waals surface area (Å²) in [5, 5.41) is 11.3. The van der Waals surface area contributed by atoms with E-state index in [-0.39, 0.29) is 0 Å². The Labute approximate surface area is 144 Å². The van der Waals surface area contributed by atoms with E-state index in [0.29, 0.717) is 0 Å². The molecule has 1 aliphatic rings. The fraction of sp³-hybridized carbons (Fsp3) is 0.412. The van der Waals surface area contributed by atoms with Crippen LogP contribution in [0.2, 0.25) is 0 Å². The predicted octanol–water partition coefficient (Wildman–Crippen LogP) is 3.90. The number of carbonyl (C=O) groups is 1. The minimum Gasteiger partial charge on any atom is -0.371 e. The van der Waals surface area contributed by atoms with Crippen molar-refractivity contribution in [3.8, 4) is 11.3 Å². The number of benzene rings is 1. The number of halogens is 1. The van der Waals surface area contributed by atoms with Gasteiger partial charge in [0.15, 0.2) is 0 Å². The summed E-state index contributed by atoms with van der Waals surface area (Å²) in [5.74, 6) is -0.511. The number of aromatic amines is 1. The average molecular weight is 376 g/mol. The van der Waals surface area contributed by atoms with Crippen LogP contribution in [-0.4, -0.2) is 21.6 Å². The first-order chi connectivity index (χ1) is 11.1. The van der Waals surface area contributed by atoms with E-state index in [1.165, 1.54) is 0 Å². The van der Waals surface area contributed by atoms with E-state index in [9.17, 15) is 4.79 Å². The zero-order valence-corrected chi connectivity index (χ0v) is 14.4. The average Bonchev–Trinajstić information content (AvgIpc) is 3.04. The van der Waals surface area contributed by atoms with E-state index in [4.69, 9.17) is 5.73 Å². The molecule has 1 aromatic heterocycles. The van der Waals surface area contributed by atoms with E-state index >= 15 is 0 Å². The first-order valence-electron chi connectivity index (χ1n) is 7.88. The van der Waals surface area contributed by atoms with Crippen molar-refractivity contribution >= 4 is 27.5 Å². The number of amides is 1. The topological polar surface area (TPSA) is 81.6 Å². The molecule has 0 aliphatic heterocycles. The summed E-state index contributed by atoms with van der Waals surface area (Å²) in [5.41, 5.74) is 10.8. The Morgan fingerprint density at radius 2 is 2.13 bits per heavy atom. The summed E-state index contributed by atoms with van der Waals surface area (Å²) in [4.78, 5) is 11.9. The van der Waals surface area contributed by atoms with Gasteiger partial charge in [-0.25, -0.2) is 0 Å². The number of H-pyrrole nitrogens is 1. The maximum absolute atomic E-state index is 11.9. The lowest BCUT2D eigenvalue weighted by atomic mass is 9.81. The molecular formula is C17H20BrN4O. The van der Waals surface area contributed by atoms with Gasteiger partial charge in [-0.1, -0.05) is 47.3 Å². The standard InChI is InChI=1S/C17H20BrN4O/c18-10-13-11-20-22-15(13)12-5-4-6-14(9-12)21-17(16(19)23)7-2-1-3-8-17/h4-6,9,11,19,21H,1-3,7-8,10H2,(H,20,22). The highest BCUT2D eigenvalue weighted by Crippen LogP contribution is 2.33. The first kappa shape index (κ1) is 16.1. The highest BCUT2D eigenvalue weighted by molar-refractivity contribution is 9.08.